The molecule has 0 spiro atoms. The Bertz CT molecular complexity index is 678. The van der Waals surface area contributed by atoms with E-state index in [0.29, 0.717) is 16.6 Å². The highest BCUT2D eigenvalue weighted by molar-refractivity contribution is 6.35. The van der Waals surface area contributed by atoms with Gasteiger partial charge in [0, 0.05) is 22.7 Å². The standard InChI is InChI=1S/C18H17Cl2NO/c1-2-13-3-5-14(6-4-13)7-10-18(22)21-12-15-8-9-16(19)11-17(15)20/h3-11H,2,12H2,1H3,(H,21,22)/b10-7+. The van der Waals surface area contributed by atoms with E-state index in [2.05, 4.69) is 24.4 Å². The second-order valence-corrected chi connectivity index (χ2v) is 5.73. The second kappa shape index (κ2) is 8.02. The zero-order valence-electron chi connectivity index (χ0n) is 12.3. The van der Waals surface area contributed by atoms with Crippen molar-refractivity contribution in [3.63, 3.8) is 0 Å². The van der Waals surface area contributed by atoms with Gasteiger partial charge in [0.1, 0.15) is 0 Å². The fraction of sp³-hybridized carbons (Fsp3) is 0.167. The summed E-state index contributed by atoms with van der Waals surface area (Å²) in [5.41, 5.74) is 3.11. The molecule has 2 aromatic rings. The minimum absolute atomic E-state index is 0.161. The van der Waals surface area contributed by atoms with Gasteiger partial charge in [-0.2, -0.15) is 0 Å². The SMILES string of the molecule is CCc1ccc(/C=C/C(=O)NCc2ccc(Cl)cc2Cl)cc1. The van der Waals surface area contributed by atoms with Gasteiger partial charge in [-0.15, -0.1) is 0 Å². The summed E-state index contributed by atoms with van der Waals surface area (Å²) in [5.74, 6) is -0.161. The second-order valence-electron chi connectivity index (χ2n) is 4.88. The Kier molecular flexibility index (Phi) is 6.05. The first kappa shape index (κ1) is 16.6. The fourth-order valence-corrected chi connectivity index (χ4v) is 2.42. The Hall–Kier alpha value is -1.77. The average molecular weight is 334 g/mol. The molecule has 0 unspecified atom stereocenters. The van der Waals surface area contributed by atoms with E-state index in [1.165, 1.54) is 11.6 Å². The van der Waals surface area contributed by atoms with E-state index in [1.54, 1.807) is 24.3 Å². The van der Waals surface area contributed by atoms with Crippen LogP contribution in [0.15, 0.2) is 48.5 Å². The van der Waals surface area contributed by atoms with Gasteiger partial charge in [0.2, 0.25) is 5.91 Å². The first-order valence-corrected chi connectivity index (χ1v) is 7.83. The molecule has 1 N–H and O–H groups in total. The smallest absolute Gasteiger partial charge is 0.244 e. The van der Waals surface area contributed by atoms with Crippen molar-refractivity contribution in [2.75, 3.05) is 0 Å². The first-order chi connectivity index (χ1) is 10.6. The number of benzene rings is 2. The van der Waals surface area contributed by atoms with Crippen molar-refractivity contribution in [2.45, 2.75) is 19.9 Å². The summed E-state index contributed by atoms with van der Waals surface area (Å²) < 4.78 is 0. The van der Waals surface area contributed by atoms with Gasteiger partial charge in [0.25, 0.3) is 0 Å². The van der Waals surface area contributed by atoms with Crippen LogP contribution >= 0.6 is 23.2 Å². The molecule has 0 heterocycles. The molecular formula is C18H17Cl2NO. The number of rotatable bonds is 5. The third-order valence-corrected chi connectivity index (χ3v) is 3.87. The van der Waals surface area contributed by atoms with Gasteiger partial charge >= 0.3 is 0 Å². The van der Waals surface area contributed by atoms with Crippen molar-refractivity contribution in [2.24, 2.45) is 0 Å². The number of aryl methyl sites for hydroxylation is 1. The van der Waals surface area contributed by atoms with Crippen molar-refractivity contribution in [1.29, 1.82) is 0 Å². The predicted molar refractivity (Wildman–Crippen MR) is 93.2 cm³/mol. The number of hydrogen-bond donors (Lipinski definition) is 1. The lowest BCUT2D eigenvalue weighted by atomic mass is 10.1. The molecule has 2 nitrogen and oxygen atoms in total. The van der Waals surface area contributed by atoms with Crippen LogP contribution in [0.4, 0.5) is 0 Å². The molecule has 4 heteroatoms. The molecule has 0 bridgehead atoms. The van der Waals surface area contributed by atoms with Gasteiger partial charge in [0.05, 0.1) is 0 Å². The monoisotopic (exact) mass is 333 g/mol. The maximum atomic E-state index is 11.8. The summed E-state index contributed by atoms with van der Waals surface area (Å²) >= 11 is 11.9. The number of hydrogen-bond acceptors (Lipinski definition) is 1. The topological polar surface area (TPSA) is 29.1 Å². The zero-order valence-corrected chi connectivity index (χ0v) is 13.8. The predicted octanol–water partition coefficient (Wildman–Crippen LogP) is 4.89. The van der Waals surface area contributed by atoms with E-state index in [0.717, 1.165) is 17.5 Å². The Balaban J connectivity index is 1.90. The highest BCUT2D eigenvalue weighted by atomic mass is 35.5. The van der Waals surface area contributed by atoms with Gasteiger partial charge in [-0.1, -0.05) is 60.5 Å². The molecule has 0 aliphatic carbocycles. The molecule has 2 aromatic carbocycles. The van der Waals surface area contributed by atoms with Gasteiger partial charge in [-0.25, -0.2) is 0 Å². The molecule has 114 valence electrons. The van der Waals surface area contributed by atoms with E-state index >= 15 is 0 Å². The molecule has 0 fully saturated rings. The van der Waals surface area contributed by atoms with E-state index in [9.17, 15) is 4.79 Å². The van der Waals surface area contributed by atoms with E-state index in [1.807, 2.05) is 12.1 Å². The Labute approximate surface area is 140 Å². The van der Waals surface area contributed by atoms with Crippen LogP contribution in [-0.2, 0) is 17.8 Å². The molecule has 0 atom stereocenters. The van der Waals surface area contributed by atoms with Gasteiger partial charge in [-0.3, -0.25) is 4.79 Å². The summed E-state index contributed by atoms with van der Waals surface area (Å²) in [4.78, 5) is 11.8. The van der Waals surface area contributed by atoms with Crippen LogP contribution in [-0.4, -0.2) is 5.91 Å². The third-order valence-electron chi connectivity index (χ3n) is 3.28. The first-order valence-electron chi connectivity index (χ1n) is 7.07. The van der Waals surface area contributed by atoms with Crippen molar-refractivity contribution >= 4 is 35.2 Å². The number of carbonyl (C=O) groups excluding carboxylic acids is 1. The van der Waals surface area contributed by atoms with Crippen LogP contribution in [0.5, 0.6) is 0 Å². The van der Waals surface area contributed by atoms with Crippen LogP contribution < -0.4 is 5.32 Å². The lowest BCUT2D eigenvalue weighted by molar-refractivity contribution is -0.116. The van der Waals surface area contributed by atoms with Crippen LogP contribution in [0.2, 0.25) is 10.0 Å². The van der Waals surface area contributed by atoms with Gasteiger partial charge in [0.15, 0.2) is 0 Å². The molecule has 1 amide bonds. The van der Waals surface area contributed by atoms with Crippen molar-refractivity contribution in [3.8, 4) is 0 Å². The molecular weight excluding hydrogens is 317 g/mol. The largest absolute Gasteiger partial charge is 0.348 e. The lowest BCUT2D eigenvalue weighted by Crippen LogP contribution is -2.20. The average Bonchev–Trinajstić information content (AvgIpc) is 2.52. The minimum Gasteiger partial charge on any atom is -0.348 e. The molecule has 2 rings (SSSR count). The van der Waals surface area contributed by atoms with Crippen molar-refractivity contribution < 1.29 is 4.79 Å². The summed E-state index contributed by atoms with van der Waals surface area (Å²) in [6.07, 6.45) is 4.31. The molecule has 0 aromatic heterocycles. The van der Waals surface area contributed by atoms with Crippen LogP contribution in [0.25, 0.3) is 6.08 Å². The number of carbonyl (C=O) groups is 1. The van der Waals surface area contributed by atoms with Crippen LogP contribution in [0.1, 0.15) is 23.6 Å². The maximum Gasteiger partial charge on any atom is 0.244 e. The highest BCUT2D eigenvalue weighted by Crippen LogP contribution is 2.20. The molecule has 22 heavy (non-hydrogen) atoms. The Morgan fingerprint density at radius 3 is 2.50 bits per heavy atom. The summed E-state index contributed by atoms with van der Waals surface area (Å²) in [5, 5.41) is 3.93. The van der Waals surface area contributed by atoms with Crippen molar-refractivity contribution in [3.05, 3.63) is 75.3 Å². The minimum atomic E-state index is -0.161. The van der Waals surface area contributed by atoms with Crippen LogP contribution in [0, 0.1) is 0 Å². The summed E-state index contributed by atoms with van der Waals surface area (Å²) in [6.45, 7) is 2.48. The molecule has 0 aliphatic rings. The highest BCUT2D eigenvalue weighted by Gasteiger charge is 2.02. The maximum absolute atomic E-state index is 11.8. The Morgan fingerprint density at radius 2 is 1.86 bits per heavy atom. The van der Waals surface area contributed by atoms with Crippen molar-refractivity contribution in [1.82, 2.24) is 5.32 Å². The molecule has 0 saturated heterocycles. The molecule has 0 aliphatic heterocycles. The Morgan fingerprint density at radius 1 is 1.14 bits per heavy atom. The van der Waals surface area contributed by atoms with E-state index in [4.69, 9.17) is 23.2 Å². The lowest BCUT2D eigenvalue weighted by Gasteiger charge is -2.05. The number of halogens is 2. The fourth-order valence-electron chi connectivity index (χ4n) is 1.94. The molecule has 0 radical (unpaired) electrons. The number of nitrogens with one attached hydrogen (secondary N) is 1. The van der Waals surface area contributed by atoms with E-state index < -0.39 is 0 Å². The quantitative estimate of drug-likeness (QED) is 0.776. The summed E-state index contributed by atoms with van der Waals surface area (Å²) in [7, 11) is 0. The summed E-state index contributed by atoms with van der Waals surface area (Å²) in [6, 6.07) is 13.3. The zero-order chi connectivity index (χ0) is 15.9. The van der Waals surface area contributed by atoms with Gasteiger partial charge < -0.3 is 5.32 Å². The number of amides is 1. The molecule has 0 saturated carbocycles. The van der Waals surface area contributed by atoms with Crippen LogP contribution in [0.3, 0.4) is 0 Å². The third kappa shape index (κ3) is 4.90. The van der Waals surface area contributed by atoms with Gasteiger partial charge in [-0.05, 0) is 41.3 Å². The van der Waals surface area contributed by atoms with E-state index in [-0.39, 0.29) is 5.91 Å². The normalized spacial score (nSPS) is 10.9.